The van der Waals surface area contributed by atoms with Gasteiger partial charge in [-0.1, -0.05) is 6.92 Å². The summed E-state index contributed by atoms with van der Waals surface area (Å²) in [7, 11) is 0. The predicted molar refractivity (Wildman–Crippen MR) is 71.3 cm³/mol. The highest BCUT2D eigenvalue weighted by atomic mass is 35.5. The van der Waals surface area contributed by atoms with E-state index in [4.69, 9.17) is 10.5 Å². The Kier molecular flexibility index (Phi) is 7.75. The van der Waals surface area contributed by atoms with Crippen LogP contribution < -0.4 is 5.73 Å². The van der Waals surface area contributed by atoms with Crippen molar-refractivity contribution in [2.24, 2.45) is 11.7 Å². The number of hydrogen-bond donors (Lipinski definition) is 1. The molecule has 1 aliphatic heterocycles. The van der Waals surface area contributed by atoms with Crippen LogP contribution in [0.1, 0.15) is 33.6 Å². The van der Waals surface area contributed by atoms with Gasteiger partial charge in [-0.3, -0.25) is 4.79 Å². The van der Waals surface area contributed by atoms with Crippen LogP contribution >= 0.6 is 12.4 Å². The highest BCUT2D eigenvalue weighted by molar-refractivity contribution is 5.85. The number of carbonyl (C=O) groups is 1. The van der Waals surface area contributed by atoms with Crippen molar-refractivity contribution in [3.05, 3.63) is 0 Å². The molecule has 0 bridgehead atoms. The van der Waals surface area contributed by atoms with E-state index >= 15 is 0 Å². The van der Waals surface area contributed by atoms with Crippen molar-refractivity contribution in [2.75, 3.05) is 19.7 Å². The summed E-state index contributed by atoms with van der Waals surface area (Å²) < 4.78 is 5.34. The summed E-state index contributed by atoms with van der Waals surface area (Å²) in [5.41, 5.74) is 5.71. The van der Waals surface area contributed by atoms with Gasteiger partial charge in [0.15, 0.2) is 0 Å². The molecule has 1 aliphatic rings. The lowest BCUT2D eigenvalue weighted by molar-refractivity contribution is -0.141. The Bertz CT molecular complexity index is 237. The Labute approximate surface area is 110 Å². The minimum absolute atomic E-state index is 0. The molecule has 0 saturated carbocycles. The number of hydrogen-bond acceptors (Lipinski definition) is 3. The average molecular weight is 265 g/mol. The third kappa shape index (κ3) is 5.23. The van der Waals surface area contributed by atoms with Gasteiger partial charge in [0, 0.05) is 19.1 Å². The maximum absolute atomic E-state index is 11.9. The summed E-state index contributed by atoms with van der Waals surface area (Å²) >= 11 is 0. The second-order valence-electron chi connectivity index (χ2n) is 4.97. The zero-order valence-corrected chi connectivity index (χ0v) is 11.8. The second kappa shape index (κ2) is 7.90. The van der Waals surface area contributed by atoms with Crippen molar-refractivity contribution in [2.45, 2.75) is 45.8 Å². The maximum atomic E-state index is 11.9. The van der Waals surface area contributed by atoms with Crippen molar-refractivity contribution >= 4 is 18.3 Å². The summed E-state index contributed by atoms with van der Waals surface area (Å²) in [5.74, 6) is 0.750. The molecule has 1 amide bonds. The van der Waals surface area contributed by atoms with E-state index in [9.17, 15) is 4.79 Å². The lowest BCUT2D eigenvalue weighted by Gasteiger charge is -2.38. The fourth-order valence-electron chi connectivity index (χ4n) is 2.12. The number of nitrogens with two attached hydrogens (primary N) is 1. The van der Waals surface area contributed by atoms with E-state index in [2.05, 4.69) is 6.92 Å². The SMILES string of the molecule is CC1CCN(C(=O)COC(C)C)C(CN)C1.Cl. The van der Waals surface area contributed by atoms with E-state index < -0.39 is 0 Å². The second-order valence-corrected chi connectivity index (χ2v) is 4.97. The molecule has 0 aliphatic carbocycles. The molecule has 0 spiro atoms. The lowest BCUT2D eigenvalue weighted by Crippen LogP contribution is -2.50. The van der Waals surface area contributed by atoms with Crippen LogP contribution in [0.4, 0.5) is 0 Å². The lowest BCUT2D eigenvalue weighted by atomic mass is 9.92. The molecule has 1 saturated heterocycles. The first kappa shape index (κ1) is 16.7. The highest BCUT2D eigenvalue weighted by Gasteiger charge is 2.28. The van der Waals surface area contributed by atoms with Crippen LogP contribution in [0, 0.1) is 5.92 Å². The van der Waals surface area contributed by atoms with Crippen molar-refractivity contribution in [3.8, 4) is 0 Å². The number of rotatable bonds is 4. The first-order valence-corrected chi connectivity index (χ1v) is 6.15. The van der Waals surface area contributed by atoms with Crippen molar-refractivity contribution in [3.63, 3.8) is 0 Å². The third-order valence-corrected chi connectivity index (χ3v) is 3.11. The monoisotopic (exact) mass is 264 g/mol. The van der Waals surface area contributed by atoms with Crippen LogP contribution in [0.2, 0.25) is 0 Å². The molecular formula is C12H25ClN2O2. The fourth-order valence-corrected chi connectivity index (χ4v) is 2.12. The molecule has 5 heteroatoms. The molecular weight excluding hydrogens is 240 g/mol. The first-order chi connectivity index (χ1) is 7.54. The third-order valence-electron chi connectivity index (χ3n) is 3.11. The molecule has 0 aromatic heterocycles. The Balaban J connectivity index is 0.00000256. The van der Waals surface area contributed by atoms with Gasteiger partial charge in [-0.15, -0.1) is 12.4 Å². The molecule has 0 aromatic rings. The van der Waals surface area contributed by atoms with E-state index in [-0.39, 0.29) is 37.1 Å². The van der Waals surface area contributed by atoms with Gasteiger partial charge in [0.25, 0.3) is 0 Å². The van der Waals surface area contributed by atoms with Crippen molar-refractivity contribution in [1.29, 1.82) is 0 Å². The molecule has 1 rings (SSSR count). The maximum Gasteiger partial charge on any atom is 0.248 e. The van der Waals surface area contributed by atoms with Crippen LogP contribution in [0.5, 0.6) is 0 Å². The van der Waals surface area contributed by atoms with Crippen LogP contribution in [-0.4, -0.2) is 42.6 Å². The van der Waals surface area contributed by atoms with Gasteiger partial charge >= 0.3 is 0 Å². The summed E-state index contributed by atoms with van der Waals surface area (Å²) in [4.78, 5) is 13.8. The van der Waals surface area contributed by atoms with E-state index in [1.54, 1.807) is 0 Å². The van der Waals surface area contributed by atoms with Gasteiger partial charge in [0.05, 0.1) is 6.10 Å². The van der Waals surface area contributed by atoms with Gasteiger partial charge in [0.2, 0.25) is 5.91 Å². The van der Waals surface area contributed by atoms with Gasteiger partial charge in [-0.2, -0.15) is 0 Å². The Morgan fingerprint density at radius 3 is 2.71 bits per heavy atom. The van der Waals surface area contributed by atoms with E-state index in [0.29, 0.717) is 12.5 Å². The summed E-state index contributed by atoms with van der Waals surface area (Å²) in [6.07, 6.45) is 2.19. The molecule has 1 fully saturated rings. The van der Waals surface area contributed by atoms with E-state index in [1.165, 1.54) is 0 Å². The number of ether oxygens (including phenoxy) is 1. The van der Waals surface area contributed by atoms with Crippen LogP contribution in [0.25, 0.3) is 0 Å². The summed E-state index contributed by atoms with van der Waals surface area (Å²) in [5, 5.41) is 0. The van der Waals surface area contributed by atoms with E-state index in [1.807, 2.05) is 18.7 Å². The standard InChI is InChI=1S/C12H24N2O2.ClH/c1-9(2)16-8-12(15)14-5-4-10(3)6-11(14)7-13;/h9-11H,4-8,13H2,1-3H3;1H. The van der Waals surface area contributed by atoms with E-state index in [0.717, 1.165) is 19.4 Å². The fraction of sp³-hybridized carbons (Fsp3) is 0.917. The number of halogens is 1. The summed E-state index contributed by atoms with van der Waals surface area (Å²) in [6.45, 7) is 7.65. The molecule has 2 unspecified atom stereocenters. The molecule has 4 nitrogen and oxygen atoms in total. The normalized spacial score (nSPS) is 24.6. The topological polar surface area (TPSA) is 55.6 Å². The average Bonchev–Trinajstić information content (AvgIpc) is 2.25. The quantitative estimate of drug-likeness (QED) is 0.836. The van der Waals surface area contributed by atoms with Gasteiger partial charge in [-0.25, -0.2) is 0 Å². The van der Waals surface area contributed by atoms with Gasteiger partial charge in [-0.05, 0) is 32.6 Å². The number of likely N-dealkylation sites (tertiary alicyclic amines) is 1. The van der Waals surface area contributed by atoms with Crippen LogP contribution in [0.15, 0.2) is 0 Å². The Hall–Kier alpha value is -0.320. The summed E-state index contributed by atoms with van der Waals surface area (Å²) in [6, 6.07) is 0.201. The Morgan fingerprint density at radius 2 is 2.18 bits per heavy atom. The van der Waals surface area contributed by atoms with Crippen molar-refractivity contribution in [1.82, 2.24) is 4.90 Å². The number of carbonyl (C=O) groups excluding carboxylic acids is 1. The molecule has 0 radical (unpaired) electrons. The smallest absolute Gasteiger partial charge is 0.248 e. The van der Waals surface area contributed by atoms with Crippen LogP contribution in [0.3, 0.4) is 0 Å². The minimum Gasteiger partial charge on any atom is -0.369 e. The first-order valence-electron chi connectivity index (χ1n) is 6.15. The van der Waals surface area contributed by atoms with Gasteiger partial charge < -0.3 is 15.4 Å². The molecule has 17 heavy (non-hydrogen) atoms. The molecule has 2 atom stereocenters. The Morgan fingerprint density at radius 1 is 1.53 bits per heavy atom. The molecule has 2 N–H and O–H groups in total. The molecule has 102 valence electrons. The van der Waals surface area contributed by atoms with Gasteiger partial charge in [0.1, 0.15) is 6.61 Å². The highest BCUT2D eigenvalue weighted by Crippen LogP contribution is 2.21. The number of amides is 1. The predicted octanol–water partition coefficient (Wildman–Crippen LogP) is 1.42. The largest absolute Gasteiger partial charge is 0.369 e. The van der Waals surface area contributed by atoms with Crippen molar-refractivity contribution < 1.29 is 9.53 Å². The number of piperidine rings is 1. The zero-order valence-electron chi connectivity index (χ0n) is 11.0. The molecule has 0 aromatic carbocycles. The number of nitrogens with zero attached hydrogens (tertiary/aromatic N) is 1. The minimum atomic E-state index is 0. The molecule has 1 heterocycles. The van der Waals surface area contributed by atoms with Crippen LogP contribution in [-0.2, 0) is 9.53 Å². The zero-order chi connectivity index (χ0) is 12.1.